The zero-order valence-corrected chi connectivity index (χ0v) is 14.2. The number of halogens is 4. The van der Waals surface area contributed by atoms with E-state index in [1.165, 1.54) is 24.3 Å². The Balaban J connectivity index is 1.63. The minimum Gasteiger partial charge on any atom is -0.354 e. The summed E-state index contributed by atoms with van der Waals surface area (Å²) in [6, 6.07) is 8.98. The average molecular weight is 376 g/mol. The number of nitrogens with one attached hydrogen (secondary N) is 2. The van der Waals surface area contributed by atoms with Gasteiger partial charge in [0.2, 0.25) is 5.91 Å². The van der Waals surface area contributed by atoms with Crippen molar-refractivity contribution in [2.45, 2.75) is 31.2 Å². The van der Waals surface area contributed by atoms with Gasteiger partial charge in [-0.05, 0) is 60.0 Å². The molecule has 0 spiro atoms. The van der Waals surface area contributed by atoms with Gasteiger partial charge in [0, 0.05) is 29.4 Å². The van der Waals surface area contributed by atoms with Crippen LogP contribution in [0.15, 0.2) is 42.5 Å². The van der Waals surface area contributed by atoms with Gasteiger partial charge in [-0.3, -0.25) is 4.79 Å². The van der Waals surface area contributed by atoms with Crippen LogP contribution in [0.1, 0.15) is 18.4 Å². The van der Waals surface area contributed by atoms with Crippen molar-refractivity contribution in [1.29, 1.82) is 0 Å². The van der Waals surface area contributed by atoms with Gasteiger partial charge in [0.05, 0.1) is 6.04 Å². The molecule has 1 saturated carbocycles. The highest BCUT2D eigenvalue weighted by Crippen LogP contribution is 2.41. The zero-order chi connectivity index (χ0) is 19.2. The highest BCUT2D eigenvalue weighted by molar-refractivity contribution is 5.91. The third-order valence-electron chi connectivity index (χ3n) is 4.76. The molecular formula is C20H16F4N2O. The summed E-state index contributed by atoms with van der Waals surface area (Å²) < 4.78 is 52.8. The number of benzene rings is 2. The first kappa shape index (κ1) is 17.6. The van der Waals surface area contributed by atoms with Crippen molar-refractivity contribution >= 4 is 16.8 Å². The molecule has 2 N–H and O–H groups in total. The molecule has 1 aromatic heterocycles. The van der Waals surface area contributed by atoms with Gasteiger partial charge in [-0.1, -0.05) is 0 Å². The number of carbonyl (C=O) groups excluding carboxylic acids is 1. The summed E-state index contributed by atoms with van der Waals surface area (Å²) >= 11 is 0. The second kappa shape index (κ2) is 6.40. The fourth-order valence-electron chi connectivity index (χ4n) is 3.22. The molecule has 1 unspecified atom stereocenters. The quantitative estimate of drug-likeness (QED) is 0.630. The number of amides is 1. The zero-order valence-electron chi connectivity index (χ0n) is 14.2. The maximum Gasteiger partial charge on any atom is 0.270 e. The molecule has 0 aliphatic heterocycles. The van der Waals surface area contributed by atoms with Crippen molar-refractivity contribution in [2.75, 3.05) is 0 Å². The van der Waals surface area contributed by atoms with Crippen molar-refractivity contribution in [3.63, 3.8) is 0 Å². The summed E-state index contributed by atoms with van der Waals surface area (Å²) in [5.74, 6) is -4.10. The predicted molar refractivity (Wildman–Crippen MR) is 93.5 cm³/mol. The maximum atomic E-state index is 13.7. The van der Waals surface area contributed by atoms with Crippen LogP contribution in [0, 0.1) is 11.6 Å². The lowest BCUT2D eigenvalue weighted by Gasteiger charge is -2.07. The summed E-state index contributed by atoms with van der Waals surface area (Å²) in [5.41, 5.74) is 2.71. The number of hydrogen-bond acceptors (Lipinski definition) is 1. The van der Waals surface area contributed by atoms with Crippen LogP contribution in [0.25, 0.3) is 22.2 Å². The summed E-state index contributed by atoms with van der Waals surface area (Å²) in [5, 5.41) is 2.92. The molecular weight excluding hydrogens is 360 g/mol. The van der Waals surface area contributed by atoms with Crippen LogP contribution < -0.4 is 5.32 Å². The monoisotopic (exact) mass is 376 g/mol. The lowest BCUT2D eigenvalue weighted by Crippen LogP contribution is -2.29. The Bertz CT molecular complexity index is 1010. The Morgan fingerprint density at radius 1 is 1.11 bits per heavy atom. The molecule has 1 aliphatic carbocycles. The van der Waals surface area contributed by atoms with Crippen molar-refractivity contribution in [3.8, 4) is 11.3 Å². The Labute approximate surface area is 152 Å². The second-order valence-corrected chi connectivity index (χ2v) is 6.76. The van der Waals surface area contributed by atoms with Gasteiger partial charge in [0.25, 0.3) is 5.92 Å². The van der Waals surface area contributed by atoms with Crippen LogP contribution in [-0.2, 0) is 11.2 Å². The Kier molecular flexibility index (Phi) is 4.17. The minimum absolute atomic E-state index is 0.00968. The van der Waals surface area contributed by atoms with E-state index < -0.39 is 23.7 Å². The fourth-order valence-corrected chi connectivity index (χ4v) is 3.22. The molecule has 0 saturated heterocycles. The SMILES string of the molecule is O=C(CCc1c(-c2ccc(F)cc2)[nH]c2ccc(F)cc12)NC1CC1(F)F. The second-order valence-electron chi connectivity index (χ2n) is 6.76. The number of aryl methyl sites for hydroxylation is 1. The van der Waals surface area contributed by atoms with E-state index in [1.54, 1.807) is 18.2 Å². The standard InChI is InChI=1S/C20H16F4N2O/c21-12-3-1-11(2-4-12)19-14(15-9-13(22)5-7-16(15)25-19)6-8-18(27)26-17-10-20(17,23)24/h1-5,7,9,17,25H,6,8,10H2,(H,26,27). The molecule has 3 aromatic rings. The van der Waals surface area contributed by atoms with Crippen LogP contribution in [0.4, 0.5) is 17.6 Å². The molecule has 1 amide bonds. The number of fused-ring (bicyclic) bond motifs is 1. The molecule has 140 valence electrons. The van der Waals surface area contributed by atoms with Crippen LogP contribution in [0.3, 0.4) is 0 Å². The van der Waals surface area contributed by atoms with E-state index in [-0.39, 0.29) is 25.1 Å². The predicted octanol–water partition coefficient (Wildman–Crippen LogP) is 4.57. The van der Waals surface area contributed by atoms with Crippen LogP contribution in [0.5, 0.6) is 0 Å². The first-order chi connectivity index (χ1) is 12.8. The summed E-state index contributed by atoms with van der Waals surface area (Å²) in [4.78, 5) is 15.2. The highest BCUT2D eigenvalue weighted by atomic mass is 19.3. The smallest absolute Gasteiger partial charge is 0.270 e. The van der Waals surface area contributed by atoms with Crippen molar-refractivity contribution in [2.24, 2.45) is 0 Å². The summed E-state index contributed by atoms with van der Waals surface area (Å²) in [7, 11) is 0. The number of carbonyl (C=O) groups is 1. The topological polar surface area (TPSA) is 44.9 Å². The third kappa shape index (κ3) is 3.54. The minimum atomic E-state index is -2.82. The van der Waals surface area contributed by atoms with Crippen LogP contribution in [-0.4, -0.2) is 22.9 Å². The molecule has 4 rings (SSSR count). The number of aromatic amines is 1. The lowest BCUT2D eigenvalue weighted by atomic mass is 10.0. The Hall–Kier alpha value is -2.83. The number of hydrogen-bond donors (Lipinski definition) is 2. The number of rotatable bonds is 5. The summed E-state index contributed by atoms with van der Waals surface area (Å²) in [6.45, 7) is 0. The number of aromatic nitrogens is 1. The van der Waals surface area contributed by atoms with E-state index in [0.717, 1.165) is 0 Å². The molecule has 7 heteroatoms. The Morgan fingerprint density at radius 3 is 2.44 bits per heavy atom. The summed E-state index contributed by atoms with van der Waals surface area (Å²) in [6.07, 6.45) is -0.109. The molecule has 1 heterocycles. The van der Waals surface area contributed by atoms with Crippen molar-refractivity contribution in [1.82, 2.24) is 10.3 Å². The average Bonchev–Trinajstić information content (AvgIpc) is 3.06. The van der Waals surface area contributed by atoms with Gasteiger partial charge in [0.15, 0.2) is 0 Å². The fraction of sp³-hybridized carbons (Fsp3) is 0.250. The molecule has 1 fully saturated rings. The molecule has 27 heavy (non-hydrogen) atoms. The van der Waals surface area contributed by atoms with Crippen molar-refractivity contribution < 1.29 is 22.4 Å². The van der Waals surface area contributed by atoms with Gasteiger partial charge in [-0.25, -0.2) is 17.6 Å². The molecule has 2 aromatic carbocycles. The maximum absolute atomic E-state index is 13.7. The van der Waals surface area contributed by atoms with E-state index in [9.17, 15) is 22.4 Å². The van der Waals surface area contributed by atoms with E-state index in [4.69, 9.17) is 0 Å². The Morgan fingerprint density at radius 2 is 1.78 bits per heavy atom. The van der Waals surface area contributed by atoms with Gasteiger partial charge < -0.3 is 10.3 Å². The molecule has 1 aliphatic rings. The molecule has 1 atom stereocenters. The van der Waals surface area contributed by atoms with E-state index >= 15 is 0 Å². The van der Waals surface area contributed by atoms with Crippen molar-refractivity contribution in [3.05, 3.63) is 59.7 Å². The van der Waals surface area contributed by atoms with Gasteiger partial charge in [0.1, 0.15) is 11.6 Å². The van der Waals surface area contributed by atoms with Crippen LogP contribution >= 0.6 is 0 Å². The normalized spacial score (nSPS) is 17.9. The van der Waals surface area contributed by atoms with Gasteiger partial charge in [-0.2, -0.15) is 0 Å². The third-order valence-corrected chi connectivity index (χ3v) is 4.76. The van der Waals surface area contributed by atoms with Gasteiger partial charge >= 0.3 is 0 Å². The molecule has 0 radical (unpaired) electrons. The van der Waals surface area contributed by atoms with E-state index in [0.29, 0.717) is 27.7 Å². The lowest BCUT2D eigenvalue weighted by molar-refractivity contribution is -0.121. The first-order valence-corrected chi connectivity index (χ1v) is 8.57. The van der Waals surface area contributed by atoms with E-state index in [1.807, 2.05) is 0 Å². The largest absolute Gasteiger partial charge is 0.354 e. The highest BCUT2D eigenvalue weighted by Gasteiger charge is 2.57. The van der Waals surface area contributed by atoms with Crippen LogP contribution in [0.2, 0.25) is 0 Å². The molecule has 3 nitrogen and oxygen atoms in total. The van der Waals surface area contributed by atoms with Gasteiger partial charge in [-0.15, -0.1) is 0 Å². The molecule has 0 bridgehead atoms. The van der Waals surface area contributed by atoms with E-state index in [2.05, 4.69) is 10.3 Å². The number of alkyl halides is 2. The number of H-pyrrole nitrogens is 1. The first-order valence-electron chi connectivity index (χ1n) is 8.57.